The average molecular weight is 193 g/mol. The van der Waals surface area contributed by atoms with Crippen molar-refractivity contribution in [3.63, 3.8) is 0 Å². The highest BCUT2D eigenvalue weighted by Crippen LogP contribution is 1.86. The van der Waals surface area contributed by atoms with E-state index in [9.17, 15) is 0 Å². The molecule has 1 heterocycles. The van der Waals surface area contributed by atoms with Crippen molar-refractivity contribution in [2.24, 2.45) is 0 Å². The van der Waals surface area contributed by atoms with Gasteiger partial charge in [0.25, 0.3) is 0 Å². The monoisotopic (exact) mass is 192 g/mol. The van der Waals surface area contributed by atoms with Crippen LogP contribution in [0, 0.1) is 0 Å². The maximum absolute atomic E-state index is 5.74. The van der Waals surface area contributed by atoms with Gasteiger partial charge in [0.05, 0.1) is 0 Å². The molecule has 0 aromatic rings. The number of hydrogen-bond donors (Lipinski definition) is 0. The normalized spacial score (nSPS) is 41.8. The highest BCUT2D eigenvalue weighted by molar-refractivity contribution is 7.58. The van der Waals surface area contributed by atoms with Crippen molar-refractivity contribution in [1.82, 2.24) is 0 Å². The van der Waals surface area contributed by atoms with Crippen LogP contribution in [-0.2, 0) is 4.12 Å². The summed E-state index contributed by atoms with van der Waals surface area (Å²) in [6.45, 7) is 3.82. The predicted octanol–water partition coefficient (Wildman–Crippen LogP) is -3.70. The smallest absolute Gasteiger partial charge is 0.162 e. The Hall–Kier alpha value is 0.784. The zero-order valence-electron chi connectivity index (χ0n) is 5.10. The summed E-state index contributed by atoms with van der Waals surface area (Å²) in [5.41, 5.74) is 2.18. The van der Waals surface area contributed by atoms with Gasteiger partial charge in [-0.1, -0.05) is 5.70 Å². The summed E-state index contributed by atoms with van der Waals surface area (Å²) in [6, 6.07) is 0. The minimum Gasteiger partial charge on any atom is -0.466 e. The standard InChI is InChI=1S/C2H12OSi5/c1-2-8-3-4-5-6-7-8/h2,8H,1,4-7H2. The zero-order chi connectivity index (χ0) is 5.82. The minimum atomic E-state index is -0.544. The SMILES string of the molecule is C=C[SiH]1O[SiH2][SiH2][SiH2][SiH2]1. The molecule has 6 heteroatoms. The third kappa shape index (κ3) is 1.95. The van der Waals surface area contributed by atoms with Crippen molar-refractivity contribution in [1.29, 1.82) is 0 Å². The molecule has 0 N–H and O–H groups in total. The van der Waals surface area contributed by atoms with E-state index in [0.717, 1.165) is 0 Å². The Bertz CT molecular complexity index is 78.5. The summed E-state index contributed by atoms with van der Waals surface area (Å²) in [4.78, 5) is 0. The molecule has 1 fully saturated rings. The lowest BCUT2D eigenvalue weighted by molar-refractivity contribution is 0.659. The van der Waals surface area contributed by atoms with Gasteiger partial charge in [-0.3, -0.25) is 0 Å². The van der Waals surface area contributed by atoms with Gasteiger partial charge in [-0.15, -0.1) is 6.58 Å². The molecule has 0 amide bonds. The molecule has 1 aliphatic rings. The summed E-state index contributed by atoms with van der Waals surface area (Å²) in [6.07, 6.45) is 0. The van der Waals surface area contributed by atoms with Crippen LogP contribution in [0.5, 0.6) is 0 Å². The first-order valence-electron chi connectivity index (χ1n) is 3.17. The highest BCUT2D eigenvalue weighted by atomic mass is 29.9. The van der Waals surface area contributed by atoms with Gasteiger partial charge in [0.1, 0.15) is 9.28 Å². The Labute approximate surface area is 60.2 Å². The van der Waals surface area contributed by atoms with Gasteiger partial charge in [0.2, 0.25) is 0 Å². The van der Waals surface area contributed by atoms with Crippen LogP contribution in [0.25, 0.3) is 0 Å². The second-order valence-electron chi connectivity index (χ2n) is 2.14. The molecule has 0 aromatic heterocycles. The molecule has 8 heavy (non-hydrogen) atoms. The van der Waals surface area contributed by atoms with E-state index < -0.39 is 8.56 Å². The van der Waals surface area contributed by atoms with E-state index in [1.165, 1.54) is 0 Å². The minimum absolute atomic E-state index is 0.176. The molecule has 1 saturated heterocycles. The molecule has 0 aromatic carbocycles. The first-order chi connectivity index (χ1) is 3.93. The molecule has 1 rings (SSSR count). The van der Waals surface area contributed by atoms with Crippen LogP contribution in [0.1, 0.15) is 0 Å². The van der Waals surface area contributed by atoms with E-state index in [0.29, 0.717) is 25.7 Å². The van der Waals surface area contributed by atoms with Crippen molar-refractivity contribution < 1.29 is 4.12 Å². The first kappa shape index (κ1) is 6.90. The van der Waals surface area contributed by atoms with Gasteiger partial charge in [0, 0.05) is 17.1 Å². The van der Waals surface area contributed by atoms with Crippen LogP contribution in [0.15, 0.2) is 12.3 Å². The van der Waals surface area contributed by atoms with Gasteiger partial charge < -0.3 is 4.12 Å². The third-order valence-electron chi connectivity index (χ3n) is 1.48. The summed E-state index contributed by atoms with van der Waals surface area (Å²) < 4.78 is 5.74. The Morgan fingerprint density at radius 3 is 2.75 bits per heavy atom. The molecule has 1 nitrogen and oxygen atoms in total. The lowest BCUT2D eigenvalue weighted by Crippen LogP contribution is -2.42. The fourth-order valence-electron chi connectivity index (χ4n) is 0.952. The highest BCUT2D eigenvalue weighted by Gasteiger charge is 2.12. The van der Waals surface area contributed by atoms with Crippen molar-refractivity contribution >= 4 is 43.5 Å². The maximum atomic E-state index is 5.74. The molecular weight excluding hydrogens is 180 g/mol. The van der Waals surface area contributed by atoms with Gasteiger partial charge in [0.15, 0.2) is 8.56 Å². The molecule has 0 spiro atoms. The van der Waals surface area contributed by atoms with Gasteiger partial charge in [-0.05, 0) is 8.55 Å². The average Bonchev–Trinajstić information content (AvgIpc) is 1.90. The quantitative estimate of drug-likeness (QED) is 0.389. The molecule has 46 valence electrons. The fourth-order valence-corrected chi connectivity index (χ4v) is 85.5. The zero-order valence-corrected chi connectivity index (χ0v) is 11.9. The summed E-state index contributed by atoms with van der Waals surface area (Å²) in [7, 11) is 1.31. The Morgan fingerprint density at radius 2 is 2.38 bits per heavy atom. The molecule has 0 radical (unpaired) electrons. The van der Waals surface area contributed by atoms with Gasteiger partial charge >= 0.3 is 0 Å². The predicted molar refractivity (Wildman–Crippen MR) is 52.6 cm³/mol. The van der Waals surface area contributed by atoms with Crippen molar-refractivity contribution in [2.75, 3.05) is 0 Å². The van der Waals surface area contributed by atoms with Crippen LogP contribution in [-0.4, -0.2) is 43.5 Å². The van der Waals surface area contributed by atoms with Crippen LogP contribution < -0.4 is 0 Å². The van der Waals surface area contributed by atoms with E-state index >= 15 is 0 Å². The molecule has 0 aliphatic carbocycles. The van der Waals surface area contributed by atoms with Crippen LogP contribution in [0.3, 0.4) is 0 Å². The molecule has 0 bridgehead atoms. The Morgan fingerprint density at radius 1 is 1.50 bits per heavy atom. The second kappa shape index (κ2) is 3.74. The summed E-state index contributed by atoms with van der Waals surface area (Å²) >= 11 is 0. The number of rotatable bonds is 1. The lowest BCUT2D eigenvalue weighted by atomic mass is 11.3. The topological polar surface area (TPSA) is 9.23 Å². The van der Waals surface area contributed by atoms with Crippen molar-refractivity contribution in [2.45, 2.75) is 0 Å². The van der Waals surface area contributed by atoms with Crippen molar-refractivity contribution in [3.05, 3.63) is 12.3 Å². The third-order valence-corrected chi connectivity index (χ3v) is 57.4. The molecule has 1 aliphatic heterocycles. The second-order valence-corrected chi connectivity index (χ2v) is 35.0. The molecular formula is C2H12OSi5. The van der Waals surface area contributed by atoms with Crippen molar-refractivity contribution in [3.8, 4) is 0 Å². The van der Waals surface area contributed by atoms with E-state index in [-0.39, 0.29) is 9.28 Å². The molecule has 1 unspecified atom stereocenters. The van der Waals surface area contributed by atoms with Crippen LogP contribution >= 0.6 is 0 Å². The number of hydrogen-bond acceptors (Lipinski definition) is 1. The van der Waals surface area contributed by atoms with Crippen LogP contribution in [0.4, 0.5) is 0 Å². The van der Waals surface area contributed by atoms with Crippen LogP contribution in [0.2, 0.25) is 0 Å². The summed E-state index contributed by atoms with van der Waals surface area (Å²) in [5, 5.41) is 0. The maximum Gasteiger partial charge on any atom is 0.162 e. The summed E-state index contributed by atoms with van der Waals surface area (Å²) in [5.74, 6) is 0. The lowest BCUT2D eigenvalue weighted by Gasteiger charge is -2.15. The molecule has 1 atom stereocenters. The first-order valence-corrected chi connectivity index (χ1v) is 20.2. The van der Waals surface area contributed by atoms with Gasteiger partial charge in [-0.2, -0.15) is 0 Å². The van der Waals surface area contributed by atoms with E-state index in [2.05, 4.69) is 12.3 Å². The van der Waals surface area contributed by atoms with E-state index in [1.807, 2.05) is 0 Å². The molecule has 0 saturated carbocycles. The van der Waals surface area contributed by atoms with E-state index in [4.69, 9.17) is 4.12 Å². The fraction of sp³-hybridized carbons (Fsp3) is 0. The largest absolute Gasteiger partial charge is 0.466 e. The Kier molecular flexibility index (Phi) is 3.23. The van der Waals surface area contributed by atoms with Gasteiger partial charge in [-0.25, -0.2) is 0 Å². The Balaban J connectivity index is 2.22. The van der Waals surface area contributed by atoms with E-state index in [1.54, 1.807) is 0 Å².